The second-order valence-corrected chi connectivity index (χ2v) is 19.2. The molecule has 1 aromatic heterocycles. The molecule has 0 saturated heterocycles. The molecule has 0 atom stereocenters. The van der Waals surface area contributed by atoms with Crippen molar-refractivity contribution in [3.8, 4) is 0 Å². The van der Waals surface area contributed by atoms with Gasteiger partial charge in [0.2, 0.25) is 0 Å². The van der Waals surface area contributed by atoms with Crippen LogP contribution in [-0.4, -0.2) is 29.7 Å². The Labute approximate surface area is 204 Å². The standard InChI is InChI=1S/C9H7NO2.3C7H7.Sn/c11-9(12)7-5-10-8-4-2-1-3-6(7)8;3*1-7-5-3-2-4-6-7;/h1-5,10H,(H,11,12);3*2-6H,1H2;/q;;;;+1/p-1. The number of carbonyl (C=O) groups is 1. The summed E-state index contributed by atoms with van der Waals surface area (Å²) in [5, 5.41) is 0.909. The molecule has 0 amide bonds. The van der Waals surface area contributed by atoms with Gasteiger partial charge in [-0.3, -0.25) is 0 Å². The first-order chi connectivity index (χ1) is 16.7. The molecule has 0 aliphatic carbocycles. The molecule has 0 spiro atoms. The van der Waals surface area contributed by atoms with Crippen LogP contribution in [0.2, 0.25) is 0 Å². The van der Waals surface area contributed by atoms with E-state index in [1.54, 1.807) is 6.20 Å². The van der Waals surface area contributed by atoms with Crippen LogP contribution in [0.1, 0.15) is 27.0 Å². The second kappa shape index (κ2) is 10.3. The Kier molecular flexibility index (Phi) is 6.81. The number of H-pyrrole nitrogens is 1. The van der Waals surface area contributed by atoms with Crippen LogP contribution >= 0.6 is 0 Å². The molecule has 4 aromatic carbocycles. The maximum atomic E-state index is 13.7. The van der Waals surface area contributed by atoms with E-state index in [9.17, 15) is 4.79 Å². The maximum absolute atomic E-state index is 13.7. The van der Waals surface area contributed by atoms with Crippen molar-refractivity contribution in [2.45, 2.75) is 13.3 Å². The molecule has 34 heavy (non-hydrogen) atoms. The van der Waals surface area contributed by atoms with Crippen LogP contribution in [-0.2, 0) is 16.4 Å². The van der Waals surface area contributed by atoms with Crippen LogP contribution in [0.3, 0.4) is 0 Å². The summed E-state index contributed by atoms with van der Waals surface area (Å²) in [6.07, 6.45) is 1.79. The average molecular weight is 552 g/mol. The minimum atomic E-state index is -3.68. The third-order valence-electron chi connectivity index (χ3n) is 6.23. The van der Waals surface area contributed by atoms with Gasteiger partial charge in [-0.2, -0.15) is 0 Å². The molecular weight excluding hydrogens is 525 g/mol. The third-order valence-corrected chi connectivity index (χ3v) is 17.0. The van der Waals surface area contributed by atoms with Gasteiger partial charge in [0.1, 0.15) is 0 Å². The molecular formula is C30H27NO2Sn. The van der Waals surface area contributed by atoms with Crippen LogP contribution in [0.25, 0.3) is 10.9 Å². The van der Waals surface area contributed by atoms with Crippen molar-refractivity contribution in [2.24, 2.45) is 0 Å². The van der Waals surface area contributed by atoms with Crippen LogP contribution in [0.5, 0.6) is 0 Å². The summed E-state index contributed by atoms with van der Waals surface area (Å²) in [5.74, 6) is -0.212. The molecule has 5 rings (SSSR count). The van der Waals surface area contributed by atoms with E-state index < -0.39 is 18.8 Å². The van der Waals surface area contributed by atoms with E-state index in [-0.39, 0.29) is 5.97 Å². The van der Waals surface area contributed by atoms with Gasteiger partial charge in [-0.25, -0.2) is 0 Å². The van der Waals surface area contributed by atoms with E-state index in [1.807, 2.05) is 42.5 Å². The topological polar surface area (TPSA) is 42.1 Å². The first-order valence-corrected chi connectivity index (χ1v) is 18.8. The quantitative estimate of drug-likeness (QED) is 0.220. The number of hydrogen-bond donors (Lipinski definition) is 1. The van der Waals surface area contributed by atoms with Crippen molar-refractivity contribution in [1.29, 1.82) is 0 Å². The summed E-state index contributed by atoms with van der Waals surface area (Å²) in [6.45, 7) is 0. The van der Waals surface area contributed by atoms with Crippen LogP contribution < -0.4 is 0 Å². The summed E-state index contributed by atoms with van der Waals surface area (Å²) in [6, 6.07) is 39.3. The SMILES string of the molecule is O=C([O][Sn]([CH2]c1ccccc1)([CH2]c1ccccc1)[CH2]c1ccccc1)c1c[nH]c2ccccc12. The predicted molar refractivity (Wildman–Crippen MR) is 140 cm³/mol. The van der Waals surface area contributed by atoms with Gasteiger partial charge in [-0.05, 0) is 0 Å². The molecule has 0 aliphatic rings. The van der Waals surface area contributed by atoms with Gasteiger partial charge in [0.25, 0.3) is 0 Å². The number of aromatic nitrogens is 1. The van der Waals surface area contributed by atoms with Gasteiger partial charge < -0.3 is 0 Å². The van der Waals surface area contributed by atoms with Gasteiger partial charge >= 0.3 is 206 Å². The van der Waals surface area contributed by atoms with Crippen LogP contribution in [0, 0.1) is 0 Å². The van der Waals surface area contributed by atoms with Gasteiger partial charge in [-0.15, -0.1) is 0 Å². The molecule has 0 unspecified atom stereocenters. The molecule has 168 valence electrons. The van der Waals surface area contributed by atoms with Gasteiger partial charge in [0, 0.05) is 0 Å². The Hall–Kier alpha value is -3.31. The number of hydrogen-bond acceptors (Lipinski definition) is 2. The van der Waals surface area contributed by atoms with E-state index in [0.29, 0.717) is 5.56 Å². The summed E-state index contributed by atoms with van der Waals surface area (Å²) >= 11 is -3.68. The molecule has 3 nitrogen and oxygen atoms in total. The average Bonchev–Trinajstić information content (AvgIpc) is 3.30. The molecule has 5 aromatic rings. The van der Waals surface area contributed by atoms with Crippen molar-refractivity contribution >= 4 is 35.7 Å². The zero-order valence-corrected chi connectivity index (χ0v) is 21.8. The molecule has 0 aliphatic heterocycles. The number of rotatable bonds is 8. The van der Waals surface area contributed by atoms with E-state index in [4.69, 9.17) is 3.07 Å². The van der Waals surface area contributed by atoms with Crippen molar-refractivity contribution < 1.29 is 7.87 Å². The zero-order valence-electron chi connectivity index (χ0n) is 19.0. The van der Waals surface area contributed by atoms with Crippen LogP contribution in [0.15, 0.2) is 121 Å². The molecule has 4 heteroatoms. The van der Waals surface area contributed by atoms with Crippen LogP contribution in [0.4, 0.5) is 0 Å². The number of para-hydroxylation sites is 1. The fourth-order valence-electron chi connectivity index (χ4n) is 4.69. The van der Waals surface area contributed by atoms with Gasteiger partial charge in [0.15, 0.2) is 0 Å². The minimum absolute atomic E-state index is 0.212. The van der Waals surface area contributed by atoms with E-state index in [0.717, 1.165) is 24.2 Å². The predicted octanol–water partition coefficient (Wildman–Crippen LogP) is 6.62. The Bertz CT molecular complexity index is 1260. The van der Waals surface area contributed by atoms with Crippen molar-refractivity contribution in [1.82, 2.24) is 4.98 Å². The first-order valence-electron chi connectivity index (χ1n) is 11.6. The number of fused-ring (bicyclic) bond motifs is 1. The summed E-state index contributed by atoms with van der Waals surface area (Å²) < 4.78 is 9.23. The summed E-state index contributed by atoms with van der Waals surface area (Å²) in [5.41, 5.74) is 5.26. The van der Waals surface area contributed by atoms with Crippen molar-refractivity contribution in [3.05, 3.63) is 144 Å². The third kappa shape index (κ3) is 5.26. The fraction of sp³-hybridized carbons (Fsp3) is 0.100. The Morgan fingerprint density at radius 3 is 1.56 bits per heavy atom. The summed E-state index contributed by atoms with van der Waals surface area (Å²) in [7, 11) is 0. The Morgan fingerprint density at radius 2 is 1.06 bits per heavy atom. The van der Waals surface area contributed by atoms with Crippen molar-refractivity contribution in [2.75, 3.05) is 0 Å². The molecule has 0 saturated carbocycles. The molecule has 1 heterocycles. The van der Waals surface area contributed by atoms with Gasteiger partial charge in [0.05, 0.1) is 0 Å². The van der Waals surface area contributed by atoms with E-state index >= 15 is 0 Å². The Balaban J connectivity index is 1.57. The summed E-state index contributed by atoms with van der Waals surface area (Å²) in [4.78, 5) is 16.9. The normalized spacial score (nSPS) is 11.4. The monoisotopic (exact) mass is 553 g/mol. The number of carbonyl (C=O) groups excluding carboxylic acids is 1. The van der Waals surface area contributed by atoms with Crippen molar-refractivity contribution in [3.63, 3.8) is 0 Å². The zero-order chi connectivity index (χ0) is 23.2. The van der Waals surface area contributed by atoms with E-state index in [2.05, 4.69) is 77.8 Å². The Morgan fingerprint density at radius 1 is 0.618 bits per heavy atom. The fourth-order valence-corrected chi connectivity index (χ4v) is 16.2. The second-order valence-electron chi connectivity index (χ2n) is 8.81. The molecule has 0 fully saturated rings. The molecule has 0 radical (unpaired) electrons. The van der Waals surface area contributed by atoms with Gasteiger partial charge in [-0.1, -0.05) is 0 Å². The molecule has 0 bridgehead atoms. The number of aromatic amines is 1. The number of nitrogens with one attached hydrogen (secondary N) is 1. The van der Waals surface area contributed by atoms with E-state index in [1.165, 1.54) is 16.7 Å². The first kappa shape index (κ1) is 22.5. The number of benzene rings is 4. The molecule has 1 N–H and O–H groups in total.